The molecule has 1 aliphatic rings. The second-order valence-electron chi connectivity index (χ2n) is 4.66. The number of aliphatic hydroxyl groups is 2. The van der Waals surface area contributed by atoms with Crippen molar-refractivity contribution in [1.82, 2.24) is 19.5 Å². The average Bonchev–Trinajstić information content (AvgIpc) is 3.01. The van der Waals surface area contributed by atoms with Gasteiger partial charge >= 0.3 is 67.4 Å². The van der Waals surface area contributed by atoms with Gasteiger partial charge in [0.25, 0.3) is 0 Å². The van der Waals surface area contributed by atoms with Crippen LogP contribution in [-0.2, 0) is 13.8 Å². The number of ether oxygens (including phenoxy) is 1. The molecule has 24 heavy (non-hydrogen) atoms. The zero-order chi connectivity index (χ0) is 15.9. The molecule has 2 aromatic rings. The number of rotatable bonds is 4. The number of anilines is 1. The van der Waals surface area contributed by atoms with Gasteiger partial charge in [0, 0.05) is 4.57 Å². The van der Waals surface area contributed by atoms with Crippen LogP contribution in [0.3, 0.4) is 0 Å². The van der Waals surface area contributed by atoms with E-state index in [2.05, 4.69) is 19.5 Å². The normalized spacial score (nSPS) is 26.7. The predicted molar refractivity (Wildman–Crippen MR) is 73.7 cm³/mol. The molecular formula is C10H15N5Na2O6P+. The third-order valence-electron chi connectivity index (χ3n) is 3.35. The fraction of sp³-hybridized carbons (Fsp3) is 0.500. The second kappa shape index (κ2) is 9.26. The van der Waals surface area contributed by atoms with E-state index in [4.69, 9.17) is 15.4 Å². The first-order valence-electron chi connectivity index (χ1n) is 6.22. The van der Waals surface area contributed by atoms with E-state index >= 15 is 0 Å². The largest absolute Gasteiger partial charge is 1.00 e. The van der Waals surface area contributed by atoms with Gasteiger partial charge in [0.05, 0.1) is 6.33 Å². The zero-order valence-electron chi connectivity index (χ0n) is 15.1. The Labute approximate surface area is 184 Å². The first kappa shape index (κ1) is 22.3. The van der Waals surface area contributed by atoms with Gasteiger partial charge < -0.3 is 23.5 Å². The van der Waals surface area contributed by atoms with Crippen LogP contribution >= 0.6 is 8.25 Å². The van der Waals surface area contributed by atoms with Crippen molar-refractivity contribution in [1.29, 1.82) is 0 Å². The maximum absolute atomic E-state index is 10.5. The van der Waals surface area contributed by atoms with E-state index in [-0.39, 0.29) is 74.4 Å². The zero-order valence-corrected chi connectivity index (χ0v) is 17.9. The maximum atomic E-state index is 10.5. The average molecular weight is 378 g/mol. The molecule has 0 spiro atoms. The molecule has 0 bridgehead atoms. The van der Waals surface area contributed by atoms with E-state index in [1.54, 1.807) is 0 Å². The molecule has 14 heteroatoms. The minimum absolute atomic E-state index is 0. The van der Waals surface area contributed by atoms with Crippen molar-refractivity contribution in [2.24, 2.45) is 0 Å². The summed E-state index contributed by atoms with van der Waals surface area (Å²) in [5, 5.41) is 20.0. The van der Waals surface area contributed by atoms with E-state index in [0.29, 0.717) is 11.2 Å². The molecule has 11 nitrogen and oxygen atoms in total. The summed E-state index contributed by atoms with van der Waals surface area (Å²) in [5.74, 6) is 0.175. The topological polar surface area (TPSA) is 166 Å². The van der Waals surface area contributed by atoms with Gasteiger partial charge in [-0.25, -0.2) is 15.0 Å². The van der Waals surface area contributed by atoms with Crippen LogP contribution in [0.25, 0.3) is 11.2 Å². The van der Waals surface area contributed by atoms with Gasteiger partial charge in [-0.1, -0.05) is 0 Å². The maximum Gasteiger partial charge on any atom is 1.00 e. The number of nitrogens with zero attached hydrogens (tertiary/aromatic N) is 4. The number of imidazole rings is 1. The minimum Gasteiger partial charge on any atom is -1.00 e. The van der Waals surface area contributed by atoms with Crippen LogP contribution in [0, 0.1) is 0 Å². The molecule has 2 aromatic heterocycles. The number of aliphatic hydroxyl groups excluding tert-OH is 2. The van der Waals surface area contributed by atoms with Crippen molar-refractivity contribution in [3.05, 3.63) is 12.7 Å². The molecule has 1 aliphatic heterocycles. The molecule has 3 heterocycles. The Bertz CT molecular complexity index is 730. The van der Waals surface area contributed by atoms with Crippen molar-refractivity contribution in [2.75, 3.05) is 12.3 Å². The van der Waals surface area contributed by atoms with Gasteiger partial charge in [-0.2, -0.15) is 0 Å². The number of hydrogen-bond donors (Lipinski definition) is 4. The number of fused-ring (bicyclic) bond motifs is 1. The first-order valence-corrected chi connectivity index (χ1v) is 7.35. The molecule has 0 radical (unpaired) electrons. The fourth-order valence-electron chi connectivity index (χ4n) is 2.29. The van der Waals surface area contributed by atoms with Crippen LogP contribution in [0.1, 0.15) is 9.08 Å². The van der Waals surface area contributed by atoms with E-state index in [1.807, 2.05) is 0 Å². The van der Waals surface area contributed by atoms with E-state index in [1.165, 1.54) is 17.2 Å². The number of nitrogens with two attached hydrogens (primary N) is 1. The summed E-state index contributed by atoms with van der Waals surface area (Å²) in [4.78, 5) is 20.5. The van der Waals surface area contributed by atoms with Crippen molar-refractivity contribution < 1.29 is 90.9 Å². The summed E-state index contributed by atoms with van der Waals surface area (Å²) in [5.41, 5.74) is 6.35. The molecule has 0 aliphatic carbocycles. The summed E-state index contributed by atoms with van der Waals surface area (Å²) < 4.78 is 22.0. The SMILES string of the molecule is Nc1ncnc2c1ncn2[C@@H]1O[C@H](CO[P+](=O)O)[C@@H](O)[C@H]1O.[H-].[H-].[Na+].[Na+]. The van der Waals surface area contributed by atoms with Crippen LogP contribution in [0.15, 0.2) is 12.7 Å². The van der Waals surface area contributed by atoms with Crippen LogP contribution < -0.4 is 64.8 Å². The summed E-state index contributed by atoms with van der Waals surface area (Å²) >= 11 is 0. The number of nitrogen functional groups attached to an aromatic ring is 1. The summed E-state index contributed by atoms with van der Waals surface area (Å²) in [6.07, 6.45) is -1.95. The Morgan fingerprint density at radius 3 is 2.71 bits per heavy atom. The van der Waals surface area contributed by atoms with Gasteiger partial charge in [-0.05, 0) is 0 Å². The Balaban J connectivity index is 0. The van der Waals surface area contributed by atoms with Crippen LogP contribution in [0.2, 0.25) is 0 Å². The minimum atomic E-state index is -2.82. The molecule has 1 unspecified atom stereocenters. The Kier molecular flexibility index (Phi) is 8.60. The predicted octanol–water partition coefficient (Wildman–Crippen LogP) is -7.07. The van der Waals surface area contributed by atoms with Crippen molar-refractivity contribution in [2.45, 2.75) is 24.5 Å². The van der Waals surface area contributed by atoms with Gasteiger partial charge in [-0.15, -0.1) is 9.42 Å². The second-order valence-corrected chi connectivity index (χ2v) is 5.40. The molecule has 0 aromatic carbocycles. The Morgan fingerprint density at radius 1 is 1.33 bits per heavy atom. The quantitative estimate of drug-likeness (QED) is 0.297. The molecular weight excluding hydrogens is 363 g/mol. The molecule has 122 valence electrons. The smallest absolute Gasteiger partial charge is 1.00 e. The van der Waals surface area contributed by atoms with E-state index in [0.717, 1.165) is 0 Å². The molecule has 5 atom stereocenters. The van der Waals surface area contributed by atoms with Gasteiger partial charge in [0.2, 0.25) is 0 Å². The molecule has 0 amide bonds. The fourth-order valence-corrected chi connectivity index (χ4v) is 2.56. The standard InChI is InChI=1S/C10H12N5O6P.2Na.2H/c11-8-5-9(13-2-12-8)15(3-14-5)10-7(17)6(16)4(21-10)1-20-22(18)19;;;;/h2-4,6-7,10,16-17H,1H2,(H2-,11,12,13,18,19);;;;/q;2*+1;2*-1/p+1/t4-,6-,7-,10-;;;;/m1..../s1. The molecule has 1 fully saturated rings. The third kappa shape index (κ3) is 4.32. The third-order valence-corrected chi connectivity index (χ3v) is 3.72. The van der Waals surface area contributed by atoms with Crippen LogP contribution in [-0.4, -0.2) is 59.5 Å². The Morgan fingerprint density at radius 2 is 2.04 bits per heavy atom. The number of hydrogen-bond acceptors (Lipinski definition) is 9. The Hall–Kier alpha value is 0.250. The monoisotopic (exact) mass is 378 g/mol. The van der Waals surface area contributed by atoms with E-state index in [9.17, 15) is 14.8 Å². The summed E-state index contributed by atoms with van der Waals surface area (Å²) in [7, 11) is -2.82. The molecule has 1 saturated heterocycles. The van der Waals surface area contributed by atoms with Crippen molar-refractivity contribution in [3.8, 4) is 0 Å². The molecule has 3 rings (SSSR count). The van der Waals surface area contributed by atoms with Crippen LogP contribution in [0.5, 0.6) is 0 Å². The van der Waals surface area contributed by atoms with E-state index < -0.39 is 32.8 Å². The first-order chi connectivity index (χ1) is 10.5. The molecule has 5 N–H and O–H groups in total. The van der Waals surface area contributed by atoms with Crippen molar-refractivity contribution in [3.63, 3.8) is 0 Å². The van der Waals surface area contributed by atoms with Gasteiger partial charge in [-0.3, -0.25) is 4.57 Å². The van der Waals surface area contributed by atoms with Gasteiger partial charge in [0.15, 0.2) is 17.7 Å². The number of aromatic nitrogens is 4. The molecule has 0 saturated carbocycles. The summed E-state index contributed by atoms with van der Waals surface area (Å²) in [6.45, 7) is -0.343. The summed E-state index contributed by atoms with van der Waals surface area (Å²) in [6, 6.07) is 0. The van der Waals surface area contributed by atoms with Gasteiger partial charge in [0.1, 0.15) is 36.8 Å². The van der Waals surface area contributed by atoms with Crippen LogP contribution in [0.4, 0.5) is 5.82 Å². The van der Waals surface area contributed by atoms with Crippen molar-refractivity contribution >= 4 is 25.2 Å².